The van der Waals surface area contributed by atoms with E-state index in [1.165, 1.54) is 11.5 Å². The van der Waals surface area contributed by atoms with E-state index in [1.807, 2.05) is 0 Å². The molecular formula is C15H19N3O5. The molecule has 1 fully saturated rings. The van der Waals surface area contributed by atoms with Gasteiger partial charge in [0.25, 0.3) is 0 Å². The van der Waals surface area contributed by atoms with E-state index in [0.717, 1.165) is 0 Å². The Kier molecular flexibility index (Phi) is 3.88. The first kappa shape index (κ1) is 15.6. The first-order valence-electron chi connectivity index (χ1n) is 7.34. The maximum atomic E-state index is 11.3. The van der Waals surface area contributed by atoms with Crippen LogP contribution < -0.4 is 10.6 Å². The van der Waals surface area contributed by atoms with Gasteiger partial charge in [-0.25, -0.2) is 0 Å². The minimum absolute atomic E-state index is 0.202. The van der Waals surface area contributed by atoms with Crippen molar-refractivity contribution >= 4 is 22.4 Å². The van der Waals surface area contributed by atoms with Crippen LogP contribution in [0.15, 0.2) is 18.2 Å². The van der Waals surface area contributed by atoms with Crippen LogP contribution in [0.5, 0.6) is 11.8 Å². The van der Waals surface area contributed by atoms with Crippen LogP contribution in [0.3, 0.4) is 0 Å². The SMILES string of the molecule is CC(=O)Nc1cccc2c(O)n(C3CCC(O)NC3O)c(O)c12. The molecule has 2 heterocycles. The molecule has 0 bridgehead atoms. The van der Waals surface area contributed by atoms with Gasteiger partial charge < -0.3 is 25.7 Å². The van der Waals surface area contributed by atoms with Gasteiger partial charge in [0, 0.05) is 12.3 Å². The molecule has 1 amide bonds. The molecule has 1 aliphatic heterocycles. The van der Waals surface area contributed by atoms with Crippen molar-refractivity contribution in [1.29, 1.82) is 0 Å². The number of fused-ring (bicyclic) bond motifs is 1. The number of aliphatic hydroxyl groups is 2. The Hall–Kier alpha value is -2.29. The highest BCUT2D eigenvalue weighted by Gasteiger charge is 2.33. The molecule has 0 saturated carbocycles. The van der Waals surface area contributed by atoms with Crippen molar-refractivity contribution in [3.63, 3.8) is 0 Å². The predicted molar refractivity (Wildman–Crippen MR) is 83.0 cm³/mol. The molecule has 0 spiro atoms. The minimum atomic E-state index is -1.12. The highest BCUT2D eigenvalue weighted by atomic mass is 16.3. The number of aliphatic hydroxyl groups excluding tert-OH is 2. The first-order chi connectivity index (χ1) is 10.9. The topological polar surface area (TPSA) is 127 Å². The van der Waals surface area contributed by atoms with Crippen molar-refractivity contribution in [2.24, 2.45) is 0 Å². The fourth-order valence-corrected chi connectivity index (χ4v) is 3.09. The Labute approximate surface area is 132 Å². The van der Waals surface area contributed by atoms with Crippen molar-refractivity contribution in [1.82, 2.24) is 9.88 Å². The van der Waals surface area contributed by atoms with Gasteiger partial charge in [-0.15, -0.1) is 0 Å². The van der Waals surface area contributed by atoms with Crippen LogP contribution in [0, 0.1) is 0 Å². The van der Waals surface area contributed by atoms with E-state index in [4.69, 9.17) is 0 Å². The summed E-state index contributed by atoms with van der Waals surface area (Å²) in [6, 6.07) is 4.24. The van der Waals surface area contributed by atoms with Gasteiger partial charge in [0.15, 0.2) is 0 Å². The van der Waals surface area contributed by atoms with Gasteiger partial charge >= 0.3 is 0 Å². The van der Waals surface area contributed by atoms with Crippen LogP contribution in [0.25, 0.3) is 10.8 Å². The zero-order valence-electron chi connectivity index (χ0n) is 12.5. The molecule has 1 saturated heterocycles. The van der Waals surface area contributed by atoms with Crippen LogP contribution in [-0.4, -0.2) is 43.4 Å². The van der Waals surface area contributed by atoms with Gasteiger partial charge in [-0.3, -0.25) is 14.7 Å². The molecule has 0 aliphatic carbocycles. The van der Waals surface area contributed by atoms with Gasteiger partial charge in [-0.2, -0.15) is 0 Å². The molecule has 1 aliphatic rings. The predicted octanol–water partition coefficient (Wildman–Crippen LogP) is 0.572. The van der Waals surface area contributed by atoms with Gasteiger partial charge in [-0.1, -0.05) is 6.07 Å². The number of hydrogen-bond donors (Lipinski definition) is 6. The number of amides is 1. The summed E-state index contributed by atoms with van der Waals surface area (Å²) in [7, 11) is 0. The van der Waals surface area contributed by atoms with Crippen molar-refractivity contribution in [3.8, 4) is 11.8 Å². The number of piperidine rings is 1. The largest absolute Gasteiger partial charge is 0.494 e. The molecule has 6 N–H and O–H groups in total. The second-order valence-corrected chi connectivity index (χ2v) is 5.70. The van der Waals surface area contributed by atoms with Crippen LogP contribution >= 0.6 is 0 Å². The molecule has 0 radical (unpaired) electrons. The fraction of sp³-hybridized carbons (Fsp3) is 0.400. The quantitative estimate of drug-likeness (QED) is 0.480. The zero-order chi connectivity index (χ0) is 16.7. The third-order valence-electron chi connectivity index (χ3n) is 4.09. The highest BCUT2D eigenvalue weighted by molar-refractivity contribution is 6.06. The number of hydrogen-bond acceptors (Lipinski definition) is 6. The molecule has 1 aromatic heterocycles. The van der Waals surface area contributed by atoms with E-state index in [0.29, 0.717) is 29.3 Å². The number of aromatic nitrogens is 1. The molecule has 8 heteroatoms. The van der Waals surface area contributed by atoms with Crippen molar-refractivity contribution in [3.05, 3.63) is 18.2 Å². The minimum Gasteiger partial charge on any atom is -0.494 e. The summed E-state index contributed by atoms with van der Waals surface area (Å²) in [5.74, 6) is -0.748. The Morgan fingerprint density at radius 1 is 1.26 bits per heavy atom. The molecule has 8 nitrogen and oxygen atoms in total. The highest BCUT2D eigenvalue weighted by Crippen LogP contribution is 2.44. The van der Waals surface area contributed by atoms with Crippen LogP contribution in [-0.2, 0) is 4.79 Å². The molecule has 1 aromatic carbocycles. The average molecular weight is 321 g/mol. The van der Waals surface area contributed by atoms with E-state index in [9.17, 15) is 25.2 Å². The normalized spacial score (nSPS) is 24.7. The standard InChI is InChI=1S/C15H19N3O5/c1-7(19)16-9-4-2-3-8-12(9)15(23)18(14(8)22)10-5-6-11(20)17-13(10)21/h2-4,10-11,13,17,20-23H,5-6H2,1H3,(H,16,19). The number of rotatable bonds is 2. The summed E-state index contributed by atoms with van der Waals surface area (Å²) in [4.78, 5) is 11.3. The third kappa shape index (κ3) is 2.61. The fourth-order valence-electron chi connectivity index (χ4n) is 3.09. The maximum Gasteiger partial charge on any atom is 0.221 e. The molecule has 23 heavy (non-hydrogen) atoms. The number of anilines is 1. The Balaban J connectivity index is 2.13. The summed E-state index contributed by atoms with van der Waals surface area (Å²) in [5.41, 5.74) is 0.375. The van der Waals surface area contributed by atoms with Crippen LogP contribution in [0.4, 0.5) is 5.69 Å². The third-order valence-corrected chi connectivity index (χ3v) is 4.09. The molecule has 3 unspecified atom stereocenters. The average Bonchev–Trinajstić information content (AvgIpc) is 2.72. The van der Waals surface area contributed by atoms with E-state index in [-0.39, 0.29) is 17.7 Å². The summed E-state index contributed by atoms with van der Waals surface area (Å²) in [6.45, 7) is 1.35. The molecule has 3 atom stereocenters. The lowest BCUT2D eigenvalue weighted by atomic mass is 10.0. The van der Waals surface area contributed by atoms with Crippen molar-refractivity contribution < 1.29 is 25.2 Å². The lowest BCUT2D eigenvalue weighted by Gasteiger charge is -2.33. The summed E-state index contributed by atoms with van der Waals surface area (Å²) in [5, 5.41) is 46.5. The van der Waals surface area contributed by atoms with E-state index >= 15 is 0 Å². The monoisotopic (exact) mass is 321 g/mol. The second-order valence-electron chi connectivity index (χ2n) is 5.70. The number of carbonyl (C=O) groups excluding carboxylic acids is 1. The van der Waals surface area contributed by atoms with E-state index in [2.05, 4.69) is 10.6 Å². The number of carbonyl (C=O) groups is 1. The van der Waals surface area contributed by atoms with Crippen LogP contribution in [0.2, 0.25) is 0 Å². The molecular weight excluding hydrogens is 302 g/mol. The molecule has 124 valence electrons. The zero-order valence-corrected chi connectivity index (χ0v) is 12.5. The maximum absolute atomic E-state index is 11.3. The van der Waals surface area contributed by atoms with E-state index < -0.39 is 18.5 Å². The van der Waals surface area contributed by atoms with Crippen molar-refractivity contribution in [2.45, 2.75) is 38.3 Å². The summed E-state index contributed by atoms with van der Waals surface area (Å²) >= 11 is 0. The summed E-state index contributed by atoms with van der Waals surface area (Å²) in [6.07, 6.45) is -1.22. The number of aromatic hydroxyl groups is 2. The second kappa shape index (κ2) is 5.73. The smallest absolute Gasteiger partial charge is 0.221 e. The van der Waals surface area contributed by atoms with Gasteiger partial charge in [0.1, 0.15) is 12.5 Å². The van der Waals surface area contributed by atoms with E-state index in [1.54, 1.807) is 18.2 Å². The lowest BCUT2D eigenvalue weighted by molar-refractivity contribution is -0.114. The molecule has 3 rings (SSSR count). The lowest BCUT2D eigenvalue weighted by Crippen LogP contribution is -2.47. The number of nitrogens with zero attached hydrogens (tertiary/aromatic N) is 1. The van der Waals surface area contributed by atoms with Gasteiger partial charge in [0.05, 0.1) is 17.1 Å². The van der Waals surface area contributed by atoms with Crippen molar-refractivity contribution in [2.75, 3.05) is 5.32 Å². The van der Waals surface area contributed by atoms with Crippen LogP contribution in [0.1, 0.15) is 25.8 Å². The van der Waals surface area contributed by atoms with Gasteiger partial charge in [-0.05, 0) is 25.0 Å². The Morgan fingerprint density at radius 2 is 2.00 bits per heavy atom. The Bertz CT molecular complexity index is 757. The molecule has 2 aromatic rings. The Morgan fingerprint density at radius 3 is 2.65 bits per heavy atom. The first-order valence-corrected chi connectivity index (χ1v) is 7.34. The van der Waals surface area contributed by atoms with Gasteiger partial charge in [0.2, 0.25) is 17.7 Å². The number of nitrogens with one attached hydrogen (secondary N) is 2. The summed E-state index contributed by atoms with van der Waals surface area (Å²) < 4.78 is 1.22. The number of benzene rings is 1.